The summed E-state index contributed by atoms with van der Waals surface area (Å²) in [5, 5.41) is 0. The van der Waals surface area contributed by atoms with E-state index in [1.54, 1.807) is 53.4 Å². The summed E-state index contributed by atoms with van der Waals surface area (Å²) in [6.07, 6.45) is 0.777. The zero-order valence-corrected chi connectivity index (χ0v) is 17.1. The van der Waals surface area contributed by atoms with E-state index in [0.717, 1.165) is 23.2 Å². The predicted octanol–water partition coefficient (Wildman–Crippen LogP) is 4.39. The Morgan fingerprint density at radius 1 is 0.966 bits per heavy atom. The summed E-state index contributed by atoms with van der Waals surface area (Å²) < 4.78 is 28.3. The van der Waals surface area contributed by atoms with Gasteiger partial charge in [-0.25, -0.2) is 8.42 Å². The zero-order valence-electron chi connectivity index (χ0n) is 16.3. The van der Waals surface area contributed by atoms with Gasteiger partial charge in [0, 0.05) is 11.7 Å². The van der Waals surface area contributed by atoms with Crippen molar-refractivity contribution in [2.75, 3.05) is 9.62 Å². The molecule has 29 heavy (non-hydrogen) atoms. The van der Waals surface area contributed by atoms with Gasteiger partial charge in [-0.2, -0.15) is 0 Å². The molecule has 0 radical (unpaired) electrons. The molecule has 0 aromatic heterocycles. The number of hydrogen-bond acceptors (Lipinski definition) is 3. The van der Waals surface area contributed by atoms with Crippen LogP contribution in [-0.2, 0) is 16.4 Å². The van der Waals surface area contributed by atoms with Crippen LogP contribution in [0.25, 0.3) is 0 Å². The van der Waals surface area contributed by atoms with E-state index in [1.807, 2.05) is 38.1 Å². The van der Waals surface area contributed by atoms with E-state index in [0.29, 0.717) is 5.56 Å². The summed E-state index contributed by atoms with van der Waals surface area (Å²) in [6, 6.07) is 21.1. The van der Waals surface area contributed by atoms with E-state index in [1.165, 1.54) is 0 Å². The second-order valence-electron chi connectivity index (χ2n) is 7.32. The van der Waals surface area contributed by atoms with Crippen molar-refractivity contribution < 1.29 is 13.2 Å². The van der Waals surface area contributed by atoms with Crippen LogP contribution < -0.4 is 9.62 Å². The molecule has 0 aliphatic carbocycles. The summed E-state index contributed by atoms with van der Waals surface area (Å²) in [7, 11) is -3.80. The average molecular weight is 407 g/mol. The van der Waals surface area contributed by atoms with Crippen LogP contribution in [-0.4, -0.2) is 20.4 Å². The van der Waals surface area contributed by atoms with Gasteiger partial charge in [-0.15, -0.1) is 0 Å². The van der Waals surface area contributed by atoms with Crippen molar-refractivity contribution in [3.63, 3.8) is 0 Å². The molecule has 0 spiro atoms. The lowest BCUT2D eigenvalue weighted by atomic mass is 10.1. The highest BCUT2D eigenvalue weighted by atomic mass is 32.2. The molecule has 1 aliphatic heterocycles. The Kier molecular flexibility index (Phi) is 4.88. The SMILES string of the molecule is Cc1ccc(S(=O)(=O)Nc2ccccc2C(=O)N2c3ccccc3CC2C)cc1. The van der Waals surface area contributed by atoms with Crippen molar-refractivity contribution in [2.24, 2.45) is 0 Å². The Bertz CT molecular complexity index is 1170. The summed E-state index contributed by atoms with van der Waals surface area (Å²) in [5.74, 6) is -0.218. The molecule has 1 unspecified atom stereocenters. The molecule has 1 amide bonds. The monoisotopic (exact) mass is 406 g/mol. The number of carbonyl (C=O) groups excluding carboxylic acids is 1. The van der Waals surface area contributed by atoms with Crippen molar-refractivity contribution in [3.05, 3.63) is 89.5 Å². The summed E-state index contributed by atoms with van der Waals surface area (Å²) in [6.45, 7) is 3.89. The Morgan fingerprint density at radius 3 is 2.38 bits per heavy atom. The number of hydrogen-bond donors (Lipinski definition) is 1. The first-order valence-corrected chi connectivity index (χ1v) is 10.9. The average Bonchev–Trinajstić information content (AvgIpc) is 3.03. The van der Waals surface area contributed by atoms with Crippen LogP contribution in [0.15, 0.2) is 77.7 Å². The summed E-state index contributed by atoms with van der Waals surface area (Å²) in [5.41, 5.74) is 3.56. The maximum absolute atomic E-state index is 13.4. The van der Waals surface area contributed by atoms with Crippen LogP contribution in [0, 0.1) is 6.92 Å². The maximum Gasteiger partial charge on any atom is 0.261 e. The largest absolute Gasteiger partial charge is 0.305 e. The van der Waals surface area contributed by atoms with E-state index in [-0.39, 0.29) is 22.5 Å². The lowest BCUT2D eigenvalue weighted by molar-refractivity contribution is 0.0982. The Morgan fingerprint density at radius 2 is 1.62 bits per heavy atom. The topological polar surface area (TPSA) is 66.5 Å². The van der Waals surface area contributed by atoms with Crippen LogP contribution in [0.2, 0.25) is 0 Å². The minimum Gasteiger partial charge on any atom is -0.305 e. The molecule has 148 valence electrons. The number of fused-ring (bicyclic) bond motifs is 1. The van der Waals surface area contributed by atoms with Crippen molar-refractivity contribution in [2.45, 2.75) is 31.2 Å². The number of nitrogens with one attached hydrogen (secondary N) is 1. The number of benzene rings is 3. The molecule has 6 heteroatoms. The van der Waals surface area contributed by atoms with E-state index >= 15 is 0 Å². The number of amides is 1. The van der Waals surface area contributed by atoms with Crippen LogP contribution in [0.1, 0.15) is 28.4 Å². The van der Waals surface area contributed by atoms with Gasteiger partial charge in [0.05, 0.1) is 16.1 Å². The van der Waals surface area contributed by atoms with E-state index < -0.39 is 10.0 Å². The molecule has 5 nitrogen and oxygen atoms in total. The summed E-state index contributed by atoms with van der Waals surface area (Å²) >= 11 is 0. The number of anilines is 2. The maximum atomic E-state index is 13.4. The smallest absolute Gasteiger partial charge is 0.261 e. The molecule has 0 saturated heterocycles. The minimum absolute atomic E-state index is 0.00154. The molecule has 1 heterocycles. The molecular formula is C23H22N2O3S. The van der Waals surface area contributed by atoms with Gasteiger partial charge in [0.1, 0.15) is 0 Å². The second kappa shape index (κ2) is 7.37. The Hall–Kier alpha value is -3.12. The van der Waals surface area contributed by atoms with Crippen molar-refractivity contribution in [1.29, 1.82) is 0 Å². The molecule has 0 saturated carbocycles. The fourth-order valence-corrected chi connectivity index (χ4v) is 4.76. The van der Waals surface area contributed by atoms with Crippen molar-refractivity contribution in [3.8, 4) is 0 Å². The molecule has 1 aliphatic rings. The third-order valence-electron chi connectivity index (χ3n) is 5.16. The number of carbonyl (C=O) groups is 1. The van der Waals surface area contributed by atoms with Crippen LogP contribution in [0.3, 0.4) is 0 Å². The Balaban J connectivity index is 1.69. The highest BCUT2D eigenvalue weighted by Gasteiger charge is 2.32. The number of para-hydroxylation sites is 2. The van der Waals surface area contributed by atoms with Crippen LogP contribution in [0.5, 0.6) is 0 Å². The van der Waals surface area contributed by atoms with Crippen molar-refractivity contribution in [1.82, 2.24) is 0 Å². The number of nitrogens with zero attached hydrogens (tertiary/aromatic N) is 1. The number of aryl methyl sites for hydroxylation is 1. The first kappa shape index (κ1) is 19.2. The first-order valence-electron chi connectivity index (χ1n) is 9.47. The predicted molar refractivity (Wildman–Crippen MR) is 115 cm³/mol. The van der Waals surface area contributed by atoms with Crippen molar-refractivity contribution >= 4 is 27.3 Å². The molecule has 3 aromatic carbocycles. The molecule has 1 N–H and O–H groups in total. The lowest BCUT2D eigenvalue weighted by Crippen LogP contribution is -2.36. The quantitative estimate of drug-likeness (QED) is 0.699. The minimum atomic E-state index is -3.80. The van der Waals surface area contributed by atoms with Gasteiger partial charge in [-0.3, -0.25) is 9.52 Å². The highest BCUT2D eigenvalue weighted by Crippen LogP contribution is 2.34. The van der Waals surface area contributed by atoms with Crippen LogP contribution >= 0.6 is 0 Å². The third kappa shape index (κ3) is 3.63. The van der Waals surface area contributed by atoms with E-state index in [9.17, 15) is 13.2 Å². The zero-order chi connectivity index (χ0) is 20.6. The molecule has 1 atom stereocenters. The molecule has 0 bridgehead atoms. The lowest BCUT2D eigenvalue weighted by Gasteiger charge is -2.24. The van der Waals surface area contributed by atoms with E-state index in [2.05, 4.69) is 4.72 Å². The van der Waals surface area contributed by atoms with E-state index in [4.69, 9.17) is 0 Å². The second-order valence-corrected chi connectivity index (χ2v) is 9.00. The normalized spacial score (nSPS) is 15.8. The molecule has 3 aromatic rings. The van der Waals surface area contributed by atoms with Gasteiger partial charge in [0.25, 0.3) is 15.9 Å². The fourth-order valence-electron chi connectivity index (χ4n) is 3.68. The molecule has 4 rings (SSSR count). The first-order chi connectivity index (χ1) is 13.9. The van der Waals surface area contributed by atoms with Gasteiger partial charge in [0.2, 0.25) is 0 Å². The number of rotatable bonds is 4. The summed E-state index contributed by atoms with van der Waals surface area (Å²) in [4.78, 5) is 15.3. The van der Waals surface area contributed by atoms with Gasteiger partial charge in [-0.1, -0.05) is 48.0 Å². The van der Waals surface area contributed by atoms with Crippen LogP contribution in [0.4, 0.5) is 11.4 Å². The third-order valence-corrected chi connectivity index (χ3v) is 6.54. The van der Waals surface area contributed by atoms with Gasteiger partial charge in [-0.05, 0) is 56.2 Å². The van der Waals surface area contributed by atoms with Gasteiger partial charge in [0.15, 0.2) is 0 Å². The molecule has 0 fully saturated rings. The van der Waals surface area contributed by atoms with Gasteiger partial charge < -0.3 is 4.90 Å². The number of sulfonamides is 1. The molecular weight excluding hydrogens is 384 g/mol. The highest BCUT2D eigenvalue weighted by molar-refractivity contribution is 7.92. The fraction of sp³-hybridized carbons (Fsp3) is 0.174. The van der Waals surface area contributed by atoms with Gasteiger partial charge >= 0.3 is 0 Å². The Labute approximate surface area is 171 Å². The standard InChI is InChI=1S/C23H22N2O3S/c1-16-11-13-19(14-12-16)29(27,28)24-21-9-5-4-8-20(21)23(26)25-17(2)15-18-7-3-6-10-22(18)25/h3-14,17,24H,15H2,1-2H3.